The number of hydrogen-bond donors (Lipinski definition) is 10. The van der Waals surface area contributed by atoms with Gasteiger partial charge in [0.1, 0.15) is 79.0 Å². The largest absolute Gasteiger partial charge is 0.462 e. The number of aliphatic hydroxyl groups excluding tert-OH is 10. The van der Waals surface area contributed by atoms with Gasteiger partial charge in [-0.2, -0.15) is 0 Å². The molecular weight excluding hydrogens is 590 g/mol. The molecule has 19 heteroatoms. The van der Waals surface area contributed by atoms with Gasteiger partial charge in [-0.05, 0) is 12.1 Å². The van der Waals surface area contributed by atoms with Crippen LogP contribution in [0.5, 0.6) is 5.75 Å². The van der Waals surface area contributed by atoms with Gasteiger partial charge in [0.15, 0.2) is 12.6 Å². The summed E-state index contributed by atoms with van der Waals surface area (Å²) in [5.41, 5.74) is -0.227. The molecule has 3 saturated heterocycles. The standard InChI is InChI=1S/C24H35NO18/c26-5-10-13(29)14(30)17(33)23(39-10)42-21-12(7-28)41-24(19(35)16(21)32)43-20-11(6-27)40-22(18(34)15(20)31)38-9-3-1-8(2-4-9)25(36)37/h1-4,10-24,26-35H,5-7H2/t10-,11-,12-,13+,14+,15-,16-,17-,18-,19-,20-,21-,22+,23+,24-/m1/s1. The van der Waals surface area contributed by atoms with Crippen LogP contribution in [0.1, 0.15) is 0 Å². The van der Waals surface area contributed by atoms with Gasteiger partial charge in [-0.25, -0.2) is 0 Å². The van der Waals surface area contributed by atoms with E-state index in [2.05, 4.69) is 0 Å². The zero-order valence-corrected chi connectivity index (χ0v) is 22.3. The number of hydrogen-bond acceptors (Lipinski definition) is 18. The number of aliphatic hydroxyl groups is 10. The van der Waals surface area contributed by atoms with E-state index in [1.54, 1.807) is 0 Å². The van der Waals surface area contributed by atoms with Gasteiger partial charge >= 0.3 is 0 Å². The molecule has 0 saturated carbocycles. The van der Waals surface area contributed by atoms with Crippen molar-refractivity contribution in [1.82, 2.24) is 0 Å². The Hall–Kier alpha value is -2.18. The minimum absolute atomic E-state index is 0.0308. The molecule has 0 bridgehead atoms. The quantitative estimate of drug-likeness (QED) is 0.0856. The maximum Gasteiger partial charge on any atom is 0.269 e. The Kier molecular flexibility index (Phi) is 11.2. The number of nitro benzene ring substituents is 1. The highest BCUT2D eigenvalue weighted by Crippen LogP contribution is 2.33. The number of rotatable bonds is 10. The third kappa shape index (κ3) is 7.06. The van der Waals surface area contributed by atoms with Crippen LogP contribution in [0.3, 0.4) is 0 Å². The van der Waals surface area contributed by atoms with E-state index in [0.717, 1.165) is 12.1 Å². The molecule has 244 valence electrons. The molecule has 10 N–H and O–H groups in total. The van der Waals surface area contributed by atoms with Gasteiger partial charge in [-0.1, -0.05) is 0 Å². The smallest absolute Gasteiger partial charge is 0.269 e. The van der Waals surface area contributed by atoms with Crippen LogP contribution in [0.15, 0.2) is 24.3 Å². The molecule has 1 aromatic rings. The lowest BCUT2D eigenvalue weighted by atomic mass is 9.96. The van der Waals surface area contributed by atoms with E-state index in [-0.39, 0.29) is 11.4 Å². The van der Waals surface area contributed by atoms with Crippen LogP contribution in [0.4, 0.5) is 5.69 Å². The van der Waals surface area contributed by atoms with E-state index in [1.165, 1.54) is 12.1 Å². The third-order valence-corrected chi connectivity index (χ3v) is 7.37. The van der Waals surface area contributed by atoms with Crippen LogP contribution in [0.2, 0.25) is 0 Å². The number of non-ortho nitro benzene ring substituents is 1. The van der Waals surface area contributed by atoms with Crippen molar-refractivity contribution in [2.24, 2.45) is 0 Å². The first-order valence-corrected chi connectivity index (χ1v) is 13.2. The molecular formula is C24H35NO18. The minimum Gasteiger partial charge on any atom is -0.462 e. The molecule has 43 heavy (non-hydrogen) atoms. The second kappa shape index (κ2) is 14.3. The molecule has 19 nitrogen and oxygen atoms in total. The normalized spacial score (nSPS) is 43.7. The van der Waals surface area contributed by atoms with E-state index in [4.69, 9.17) is 28.4 Å². The average molecular weight is 626 g/mol. The molecule has 3 heterocycles. The summed E-state index contributed by atoms with van der Waals surface area (Å²) in [6.07, 6.45) is -25.4. The first-order chi connectivity index (χ1) is 20.4. The Balaban J connectivity index is 1.42. The number of nitro groups is 1. The summed E-state index contributed by atoms with van der Waals surface area (Å²) in [7, 11) is 0. The highest BCUT2D eigenvalue weighted by atomic mass is 16.8. The second-order valence-corrected chi connectivity index (χ2v) is 10.2. The van der Waals surface area contributed by atoms with Crippen LogP contribution < -0.4 is 4.74 Å². The van der Waals surface area contributed by atoms with Gasteiger partial charge < -0.3 is 79.5 Å². The molecule has 3 aliphatic rings. The molecule has 0 radical (unpaired) electrons. The second-order valence-electron chi connectivity index (χ2n) is 10.2. The van der Waals surface area contributed by atoms with Crippen molar-refractivity contribution >= 4 is 5.69 Å². The summed E-state index contributed by atoms with van der Waals surface area (Å²) in [4.78, 5) is 10.2. The molecule has 0 unspecified atom stereocenters. The fourth-order valence-corrected chi connectivity index (χ4v) is 4.92. The zero-order valence-electron chi connectivity index (χ0n) is 22.3. The van der Waals surface area contributed by atoms with Gasteiger partial charge in [-0.3, -0.25) is 10.1 Å². The summed E-state index contributed by atoms with van der Waals surface area (Å²) >= 11 is 0. The lowest BCUT2D eigenvalue weighted by molar-refractivity contribution is -0.384. The van der Waals surface area contributed by atoms with Gasteiger partial charge in [0.05, 0.1) is 24.7 Å². The molecule has 1 aromatic carbocycles. The maximum absolute atomic E-state index is 10.8. The lowest BCUT2D eigenvalue weighted by Crippen LogP contribution is -2.66. The lowest BCUT2D eigenvalue weighted by Gasteiger charge is -2.48. The molecule has 0 spiro atoms. The highest BCUT2D eigenvalue weighted by Gasteiger charge is 2.53. The predicted octanol–water partition coefficient (Wildman–Crippen LogP) is -5.58. The predicted molar refractivity (Wildman–Crippen MR) is 133 cm³/mol. The maximum atomic E-state index is 10.8. The Morgan fingerprint density at radius 1 is 0.605 bits per heavy atom. The number of ether oxygens (including phenoxy) is 6. The van der Waals surface area contributed by atoms with Crippen LogP contribution in [-0.4, -0.2) is 168 Å². The van der Waals surface area contributed by atoms with Crippen molar-refractivity contribution in [3.63, 3.8) is 0 Å². The van der Waals surface area contributed by atoms with Crippen LogP contribution >= 0.6 is 0 Å². The average Bonchev–Trinajstić information content (AvgIpc) is 3.00. The van der Waals surface area contributed by atoms with Crippen LogP contribution in [0, 0.1) is 10.1 Å². The van der Waals surface area contributed by atoms with Gasteiger partial charge in [0, 0.05) is 12.1 Å². The Bertz CT molecular complexity index is 1040. The van der Waals surface area contributed by atoms with Crippen molar-refractivity contribution < 1.29 is 84.4 Å². The van der Waals surface area contributed by atoms with E-state index in [1.807, 2.05) is 0 Å². The van der Waals surface area contributed by atoms with Crippen molar-refractivity contribution in [1.29, 1.82) is 0 Å². The summed E-state index contributed by atoms with van der Waals surface area (Å²) in [6, 6.07) is 4.72. The zero-order chi connectivity index (χ0) is 31.6. The van der Waals surface area contributed by atoms with E-state index in [0.29, 0.717) is 0 Å². The summed E-state index contributed by atoms with van der Waals surface area (Å²) in [6.45, 7) is -2.42. The Morgan fingerprint density at radius 2 is 1.02 bits per heavy atom. The van der Waals surface area contributed by atoms with Gasteiger partial charge in [0.25, 0.3) is 5.69 Å². The molecule has 15 atom stereocenters. The van der Waals surface area contributed by atoms with E-state index in [9.17, 15) is 61.2 Å². The highest BCUT2D eigenvalue weighted by molar-refractivity contribution is 5.36. The monoisotopic (exact) mass is 625 g/mol. The first-order valence-electron chi connectivity index (χ1n) is 13.2. The van der Waals surface area contributed by atoms with Gasteiger partial charge in [0.2, 0.25) is 6.29 Å². The SMILES string of the molecule is O=[N+]([O-])c1ccc(O[C@H]2O[C@H](CO)[C@@H](O[C@H]3O[C@H](CO)[C@@H](O[C@@H]4O[C@H](CO)[C@H](O)[C@H](O)[C@H]4O)[C@H](O)[C@H]3O)[C@H](O)[C@H]2O)cc1. The van der Waals surface area contributed by atoms with Gasteiger partial charge in [-0.15, -0.1) is 0 Å². The van der Waals surface area contributed by atoms with Crippen LogP contribution in [0.25, 0.3) is 0 Å². The van der Waals surface area contributed by atoms with Crippen molar-refractivity contribution in [2.75, 3.05) is 19.8 Å². The van der Waals surface area contributed by atoms with Crippen LogP contribution in [-0.2, 0) is 23.7 Å². The minimum atomic E-state index is -1.96. The third-order valence-electron chi connectivity index (χ3n) is 7.37. The van der Waals surface area contributed by atoms with Crippen molar-refractivity contribution in [3.8, 4) is 5.75 Å². The molecule has 3 aliphatic heterocycles. The van der Waals surface area contributed by atoms with Crippen molar-refractivity contribution in [3.05, 3.63) is 34.4 Å². The molecule has 0 amide bonds. The molecule has 0 aromatic heterocycles. The Morgan fingerprint density at radius 3 is 1.49 bits per heavy atom. The fourth-order valence-electron chi connectivity index (χ4n) is 4.92. The molecule has 4 rings (SSSR count). The van der Waals surface area contributed by atoms with E-state index >= 15 is 0 Å². The molecule has 0 aliphatic carbocycles. The van der Waals surface area contributed by atoms with Crippen molar-refractivity contribution in [2.45, 2.75) is 92.1 Å². The fraction of sp³-hybridized carbons (Fsp3) is 0.750. The molecule has 3 fully saturated rings. The topological polar surface area (TPSA) is 301 Å². The van der Waals surface area contributed by atoms with E-state index < -0.39 is 117 Å². The number of benzene rings is 1. The first kappa shape index (κ1) is 33.7. The summed E-state index contributed by atoms with van der Waals surface area (Å²) in [5, 5.41) is 113. The summed E-state index contributed by atoms with van der Waals surface area (Å²) in [5.74, 6) is 0.0308. The number of nitrogens with zero attached hydrogens (tertiary/aromatic N) is 1. The Labute approximate surface area is 242 Å². The summed E-state index contributed by atoms with van der Waals surface area (Å²) < 4.78 is 32.8.